The van der Waals surface area contributed by atoms with Gasteiger partial charge in [0.25, 0.3) is 20.0 Å². The second-order valence-corrected chi connectivity index (χ2v) is 8.50. The Bertz CT molecular complexity index is 830. The third kappa shape index (κ3) is 5.59. The molecule has 0 aliphatic heterocycles. The SMILES string of the molecule is Cc1ccc(S(=O)(=O)NOCONS(=O)(=O)c2ccc(C)cc2)cc1. The van der Waals surface area contributed by atoms with Gasteiger partial charge in [0.2, 0.25) is 0 Å². The lowest BCUT2D eigenvalue weighted by Crippen LogP contribution is -2.30. The fraction of sp³-hybridized carbons (Fsp3) is 0.200. The maximum Gasteiger partial charge on any atom is 0.262 e. The zero-order chi connectivity index (χ0) is 18.5. The van der Waals surface area contributed by atoms with Crippen LogP contribution in [0.3, 0.4) is 0 Å². The molecule has 25 heavy (non-hydrogen) atoms. The highest BCUT2D eigenvalue weighted by molar-refractivity contribution is 7.89. The van der Waals surface area contributed by atoms with E-state index in [1.54, 1.807) is 24.3 Å². The molecular formula is C15H18N2O6S2. The van der Waals surface area contributed by atoms with Crippen LogP contribution < -0.4 is 9.77 Å². The van der Waals surface area contributed by atoms with Gasteiger partial charge in [-0.15, -0.1) is 0 Å². The number of rotatable bonds is 8. The molecular weight excluding hydrogens is 368 g/mol. The molecule has 0 aromatic heterocycles. The molecule has 0 aliphatic carbocycles. The second kappa shape index (κ2) is 8.04. The van der Waals surface area contributed by atoms with Crippen LogP contribution in [0.15, 0.2) is 58.3 Å². The zero-order valence-corrected chi connectivity index (χ0v) is 15.2. The number of aryl methyl sites for hydroxylation is 2. The summed E-state index contributed by atoms with van der Waals surface area (Å²) in [5.74, 6) is 0. The van der Waals surface area contributed by atoms with Crippen molar-refractivity contribution >= 4 is 20.0 Å². The zero-order valence-electron chi connectivity index (χ0n) is 13.6. The highest BCUT2D eigenvalue weighted by Gasteiger charge is 2.15. The van der Waals surface area contributed by atoms with Crippen molar-refractivity contribution in [1.29, 1.82) is 0 Å². The number of hydrogen-bond acceptors (Lipinski definition) is 6. The van der Waals surface area contributed by atoms with Gasteiger partial charge >= 0.3 is 0 Å². The summed E-state index contributed by atoms with van der Waals surface area (Å²) in [4.78, 5) is 13.0. The fourth-order valence-corrected chi connectivity index (χ4v) is 3.35. The summed E-state index contributed by atoms with van der Waals surface area (Å²) in [6.07, 6.45) is 0. The Morgan fingerprint density at radius 2 is 1.00 bits per heavy atom. The largest absolute Gasteiger partial charge is 0.262 e. The van der Waals surface area contributed by atoms with Crippen molar-refractivity contribution in [3.8, 4) is 0 Å². The minimum atomic E-state index is -3.88. The summed E-state index contributed by atoms with van der Waals surface area (Å²) < 4.78 is 47.7. The highest BCUT2D eigenvalue weighted by atomic mass is 32.2. The molecule has 0 aliphatic rings. The molecule has 0 atom stereocenters. The quantitative estimate of drug-likeness (QED) is 0.403. The molecule has 0 amide bonds. The lowest BCUT2D eigenvalue weighted by molar-refractivity contribution is -0.0936. The smallest absolute Gasteiger partial charge is 0.256 e. The standard InChI is InChI=1S/C15H18N2O6S2/c1-12-3-7-14(8-4-12)24(18,19)16-22-11-23-17-25(20,21)15-9-5-13(2)6-10-15/h3-10,16-17H,11H2,1-2H3. The van der Waals surface area contributed by atoms with Gasteiger partial charge in [-0.25, -0.2) is 16.8 Å². The molecule has 2 aromatic carbocycles. The molecule has 0 heterocycles. The molecule has 8 nitrogen and oxygen atoms in total. The Kier molecular flexibility index (Phi) is 6.27. The Morgan fingerprint density at radius 3 is 1.32 bits per heavy atom. The first-order valence-electron chi connectivity index (χ1n) is 7.11. The Hall–Kier alpha value is -1.82. The van der Waals surface area contributed by atoms with E-state index in [0.717, 1.165) is 11.1 Å². The second-order valence-electron chi connectivity index (χ2n) is 5.21. The predicted molar refractivity (Wildman–Crippen MR) is 90.0 cm³/mol. The summed E-state index contributed by atoms with van der Waals surface area (Å²) >= 11 is 0. The Labute approximate surface area is 146 Å². The molecule has 0 bridgehead atoms. The van der Waals surface area contributed by atoms with E-state index in [4.69, 9.17) is 0 Å². The first-order valence-corrected chi connectivity index (χ1v) is 10.1. The molecule has 0 saturated heterocycles. The molecule has 2 rings (SSSR count). The van der Waals surface area contributed by atoms with Crippen LogP contribution in [0.25, 0.3) is 0 Å². The average molecular weight is 386 g/mol. The van der Waals surface area contributed by atoms with Crippen LogP contribution in [0.1, 0.15) is 11.1 Å². The van der Waals surface area contributed by atoms with Gasteiger partial charge in [0.05, 0.1) is 9.79 Å². The van der Waals surface area contributed by atoms with E-state index < -0.39 is 26.8 Å². The van der Waals surface area contributed by atoms with E-state index >= 15 is 0 Å². The van der Waals surface area contributed by atoms with Gasteiger partial charge in [-0.05, 0) is 38.1 Å². The van der Waals surface area contributed by atoms with E-state index in [1.165, 1.54) is 24.3 Å². The van der Waals surface area contributed by atoms with Crippen molar-refractivity contribution < 1.29 is 26.5 Å². The van der Waals surface area contributed by atoms with Crippen molar-refractivity contribution in [3.05, 3.63) is 59.7 Å². The van der Waals surface area contributed by atoms with Crippen molar-refractivity contribution in [2.24, 2.45) is 0 Å². The molecule has 136 valence electrons. The Morgan fingerprint density at radius 1 is 0.680 bits per heavy atom. The third-order valence-corrected chi connectivity index (χ3v) is 5.58. The van der Waals surface area contributed by atoms with Crippen LogP contribution in [-0.4, -0.2) is 23.6 Å². The van der Waals surface area contributed by atoms with Crippen molar-refractivity contribution in [1.82, 2.24) is 9.77 Å². The fourth-order valence-electron chi connectivity index (χ4n) is 1.76. The van der Waals surface area contributed by atoms with Gasteiger partial charge in [0.1, 0.15) is 0 Å². The van der Waals surface area contributed by atoms with Crippen molar-refractivity contribution in [2.45, 2.75) is 23.6 Å². The van der Waals surface area contributed by atoms with E-state index in [1.807, 2.05) is 23.6 Å². The van der Waals surface area contributed by atoms with E-state index in [9.17, 15) is 16.8 Å². The van der Waals surface area contributed by atoms with Crippen molar-refractivity contribution in [2.75, 3.05) is 6.79 Å². The van der Waals surface area contributed by atoms with Gasteiger partial charge in [-0.1, -0.05) is 45.2 Å². The number of sulfonamides is 2. The van der Waals surface area contributed by atoms with Gasteiger partial charge in [0, 0.05) is 0 Å². The Balaban J connectivity index is 1.83. The monoisotopic (exact) mass is 386 g/mol. The highest BCUT2D eigenvalue weighted by Crippen LogP contribution is 2.10. The molecule has 0 radical (unpaired) electrons. The molecule has 0 saturated carbocycles. The van der Waals surface area contributed by atoms with Crippen LogP contribution >= 0.6 is 0 Å². The molecule has 10 heteroatoms. The summed E-state index contributed by atoms with van der Waals surface area (Å²) in [6, 6.07) is 12.2. The molecule has 2 aromatic rings. The van der Waals surface area contributed by atoms with E-state index in [2.05, 4.69) is 9.68 Å². The lowest BCUT2D eigenvalue weighted by Gasteiger charge is -2.09. The summed E-state index contributed by atoms with van der Waals surface area (Å²) in [5, 5.41) is 0. The van der Waals surface area contributed by atoms with Crippen LogP contribution in [0.5, 0.6) is 0 Å². The molecule has 2 N–H and O–H groups in total. The topological polar surface area (TPSA) is 111 Å². The average Bonchev–Trinajstić information content (AvgIpc) is 2.55. The maximum absolute atomic E-state index is 11.9. The van der Waals surface area contributed by atoms with Gasteiger partial charge in [-0.2, -0.15) is 0 Å². The predicted octanol–water partition coefficient (Wildman–Crippen LogP) is 1.38. The molecule has 0 spiro atoms. The van der Waals surface area contributed by atoms with E-state index in [-0.39, 0.29) is 9.79 Å². The van der Waals surface area contributed by atoms with Gasteiger partial charge < -0.3 is 0 Å². The van der Waals surface area contributed by atoms with E-state index in [0.29, 0.717) is 0 Å². The number of benzene rings is 2. The normalized spacial score (nSPS) is 12.2. The van der Waals surface area contributed by atoms with Crippen LogP contribution in [0, 0.1) is 13.8 Å². The number of nitrogens with one attached hydrogen (secondary N) is 2. The summed E-state index contributed by atoms with van der Waals surface area (Å²) in [6.45, 7) is 3.00. The summed E-state index contributed by atoms with van der Waals surface area (Å²) in [5.41, 5.74) is 1.82. The number of hydrogen-bond donors (Lipinski definition) is 2. The minimum Gasteiger partial charge on any atom is -0.256 e. The van der Waals surface area contributed by atoms with Crippen LogP contribution in [0.4, 0.5) is 0 Å². The van der Waals surface area contributed by atoms with Gasteiger partial charge in [-0.3, -0.25) is 9.68 Å². The first kappa shape index (κ1) is 19.5. The third-order valence-electron chi connectivity index (χ3n) is 3.12. The van der Waals surface area contributed by atoms with Crippen LogP contribution in [-0.2, 0) is 29.7 Å². The first-order chi connectivity index (χ1) is 11.7. The van der Waals surface area contributed by atoms with Gasteiger partial charge in [0.15, 0.2) is 6.79 Å². The summed E-state index contributed by atoms with van der Waals surface area (Å²) in [7, 11) is -7.76. The molecule has 0 fully saturated rings. The van der Waals surface area contributed by atoms with Crippen molar-refractivity contribution in [3.63, 3.8) is 0 Å². The maximum atomic E-state index is 11.9. The molecule has 0 unspecified atom stereocenters. The lowest BCUT2D eigenvalue weighted by atomic mass is 10.2. The van der Waals surface area contributed by atoms with Crippen LogP contribution in [0.2, 0.25) is 0 Å². The minimum absolute atomic E-state index is 0.0123.